The highest BCUT2D eigenvalue weighted by molar-refractivity contribution is 5.94. The fourth-order valence-electron chi connectivity index (χ4n) is 2.16. The molecule has 0 radical (unpaired) electrons. The van der Waals surface area contributed by atoms with E-state index in [0.717, 1.165) is 12.8 Å². The van der Waals surface area contributed by atoms with E-state index in [1.165, 1.54) is 11.6 Å². The van der Waals surface area contributed by atoms with Crippen molar-refractivity contribution in [2.24, 2.45) is 5.73 Å². The van der Waals surface area contributed by atoms with Crippen molar-refractivity contribution in [3.8, 4) is 0 Å². The zero-order valence-corrected chi connectivity index (χ0v) is 12.0. The summed E-state index contributed by atoms with van der Waals surface area (Å²) < 4.78 is 13.7. The van der Waals surface area contributed by atoms with Crippen molar-refractivity contribution in [1.29, 1.82) is 0 Å². The van der Waals surface area contributed by atoms with E-state index in [4.69, 9.17) is 5.73 Å². The van der Waals surface area contributed by atoms with E-state index in [9.17, 15) is 9.18 Å². The molecule has 0 aromatic heterocycles. The van der Waals surface area contributed by atoms with Crippen molar-refractivity contribution in [2.75, 3.05) is 11.9 Å². The van der Waals surface area contributed by atoms with Crippen molar-refractivity contribution in [1.82, 2.24) is 0 Å². The number of nitrogens with one attached hydrogen (secondary N) is 1. The minimum absolute atomic E-state index is 0.184. The maximum atomic E-state index is 13.7. The van der Waals surface area contributed by atoms with Gasteiger partial charge >= 0.3 is 0 Å². The molecule has 0 saturated heterocycles. The van der Waals surface area contributed by atoms with E-state index in [1.807, 2.05) is 18.2 Å². The SMILES string of the molecule is Cc1c(F)cc(C(N)=O)cc1NCCCc1ccccc1. The third kappa shape index (κ3) is 4.05. The zero-order valence-electron chi connectivity index (χ0n) is 12.0. The fourth-order valence-corrected chi connectivity index (χ4v) is 2.16. The summed E-state index contributed by atoms with van der Waals surface area (Å²) in [6.07, 6.45) is 1.87. The van der Waals surface area contributed by atoms with Crippen LogP contribution >= 0.6 is 0 Å². The zero-order chi connectivity index (χ0) is 15.2. The van der Waals surface area contributed by atoms with Gasteiger partial charge in [0.1, 0.15) is 5.82 Å². The monoisotopic (exact) mass is 286 g/mol. The van der Waals surface area contributed by atoms with E-state index in [1.54, 1.807) is 13.0 Å². The predicted molar refractivity (Wildman–Crippen MR) is 82.9 cm³/mol. The number of aryl methyl sites for hydroxylation is 1. The average Bonchev–Trinajstić information content (AvgIpc) is 2.48. The third-order valence-corrected chi connectivity index (χ3v) is 3.43. The summed E-state index contributed by atoms with van der Waals surface area (Å²) in [6.45, 7) is 2.39. The Morgan fingerprint density at radius 1 is 1.24 bits per heavy atom. The van der Waals surface area contributed by atoms with Crippen LogP contribution in [0.25, 0.3) is 0 Å². The van der Waals surface area contributed by atoms with Crippen LogP contribution in [0.5, 0.6) is 0 Å². The molecule has 2 aromatic carbocycles. The Morgan fingerprint density at radius 3 is 2.62 bits per heavy atom. The topological polar surface area (TPSA) is 55.1 Å². The van der Waals surface area contributed by atoms with Crippen LogP contribution in [0.4, 0.5) is 10.1 Å². The van der Waals surface area contributed by atoms with Gasteiger partial charge in [0.25, 0.3) is 0 Å². The lowest BCUT2D eigenvalue weighted by molar-refractivity contribution is 0.1000. The molecule has 0 atom stereocenters. The van der Waals surface area contributed by atoms with Gasteiger partial charge in [-0.3, -0.25) is 4.79 Å². The molecule has 0 spiro atoms. The van der Waals surface area contributed by atoms with E-state index < -0.39 is 11.7 Å². The first kappa shape index (κ1) is 15.0. The number of nitrogens with two attached hydrogens (primary N) is 1. The summed E-state index contributed by atoms with van der Waals surface area (Å²) in [6, 6.07) is 13.0. The summed E-state index contributed by atoms with van der Waals surface area (Å²) in [7, 11) is 0. The lowest BCUT2D eigenvalue weighted by atomic mass is 10.1. The molecule has 2 rings (SSSR count). The summed E-state index contributed by atoms with van der Waals surface area (Å²) in [5.74, 6) is -1.04. The van der Waals surface area contributed by atoms with Crippen LogP contribution in [0.15, 0.2) is 42.5 Å². The Kier molecular flexibility index (Phi) is 4.93. The summed E-state index contributed by atoms with van der Waals surface area (Å²) in [4.78, 5) is 11.2. The molecule has 0 saturated carbocycles. The van der Waals surface area contributed by atoms with Gasteiger partial charge in [0.2, 0.25) is 5.91 Å². The quantitative estimate of drug-likeness (QED) is 0.801. The molecule has 1 amide bonds. The van der Waals surface area contributed by atoms with Crippen molar-refractivity contribution < 1.29 is 9.18 Å². The Bertz CT molecular complexity index is 626. The van der Waals surface area contributed by atoms with Crippen LogP contribution in [0.3, 0.4) is 0 Å². The van der Waals surface area contributed by atoms with Gasteiger partial charge in [0.05, 0.1) is 0 Å². The van der Waals surface area contributed by atoms with Gasteiger partial charge in [-0.25, -0.2) is 4.39 Å². The Morgan fingerprint density at radius 2 is 1.95 bits per heavy atom. The molecule has 4 heteroatoms. The highest BCUT2D eigenvalue weighted by atomic mass is 19.1. The molecule has 0 heterocycles. The number of carbonyl (C=O) groups excluding carboxylic acids is 1. The highest BCUT2D eigenvalue weighted by Gasteiger charge is 2.09. The standard InChI is InChI=1S/C17H19FN2O/c1-12-15(18)10-14(17(19)21)11-16(12)20-9-5-8-13-6-3-2-4-7-13/h2-4,6-7,10-11,20H,5,8-9H2,1H3,(H2,19,21). The Balaban J connectivity index is 1.95. The minimum Gasteiger partial charge on any atom is -0.385 e. The Hall–Kier alpha value is -2.36. The van der Waals surface area contributed by atoms with E-state index in [0.29, 0.717) is 17.8 Å². The molecule has 2 aromatic rings. The van der Waals surface area contributed by atoms with E-state index >= 15 is 0 Å². The molecule has 110 valence electrons. The van der Waals surface area contributed by atoms with E-state index in [2.05, 4.69) is 17.4 Å². The predicted octanol–water partition coefficient (Wildman–Crippen LogP) is 3.28. The Labute approximate surface area is 124 Å². The lowest BCUT2D eigenvalue weighted by Gasteiger charge is -2.11. The normalized spacial score (nSPS) is 10.4. The summed E-state index contributed by atoms with van der Waals surface area (Å²) >= 11 is 0. The first-order chi connectivity index (χ1) is 10.1. The number of amides is 1. The number of primary amides is 1. The van der Waals surface area contributed by atoms with E-state index in [-0.39, 0.29) is 5.56 Å². The maximum absolute atomic E-state index is 13.7. The molecule has 3 nitrogen and oxygen atoms in total. The van der Waals surface area contributed by atoms with Crippen molar-refractivity contribution >= 4 is 11.6 Å². The van der Waals surface area contributed by atoms with Crippen LogP contribution < -0.4 is 11.1 Å². The van der Waals surface area contributed by atoms with Crippen molar-refractivity contribution in [3.05, 3.63) is 65.0 Å². The largest absolute Gasteiger partial charge is 0.385 e. The fraction of sp³-hybridized carbons (Fsp3) is 0.235. The van der Waals surface area contributed by atoms with Crippen molar-refractivity contribution in [2.45, 2.75) is 19.8 Å². The highest BCUT2D eigenvalue weighted by Crippen LogP contribution is 2.20. The average molecular weight is 286 g/mol. The van der Waals surface area contributed by atoms with Gasteiger partial charge in [-0.2, -0.15) is 0 Å². The van der Waals surface area contributed by atoms with Crippen LogP contribution in [-0.2, 0) is 6.42 Å². The molecular formula is C17H19FN2O. The third-order valence-electron chi connectivity index (χ3n) is 3.43. The number of halogens is 1. The number of carbonyl (C=O) groups is 1. The van der Waals surface area contributed by atoms with Crippen LogP contribution in [0, 0.1) is 12.7 Å². The first-order valence-corrected chi connectivity index (χ1v) is 6.95. The first-order valence-electron chi connectivity index (χ1n) is 6.95. The summed E-state index contributed by atoms with van der Waals surface area (Å²) in [5, 5.41) is 3.17. The van der Waals surface area contributed by atoms with Gasteiger partial charge in [-0.05, 0) is 37.5 Å². The van der Waals surface area contributed by atoms with Crippen LogP contribution in [0.2, 0.25) is 0 Å². The molecule has 21 heavy (non-hydrogen) atoms. The van der Waals surface area contributed by atoms with Gasteiger partial charge in [0, 0.05) is 23.4 Å². The molecule has 0 aliphatic rings. The van der Waals surface area contributed by atoms with Crippen LogP contribution in [-0.4, -0.2) is 12.5 Å². The number of hydrogen-bond acceptors (Lipinski definition) is 2. The molecular weight excluding hydrogens is 267 g/mol. The maximum Gasteiger partial charge on any atom is 0.248 e. The van der Waals surface area contributed by atoms with Gasteiger partial charge in [0.15, 0.2) is 0 Å². The number of rotatable bonds is 6. The van der Waals surface area contributed by atoms with Gasteiger partial charge in [-0.1, -0.05) is 30.3 Å². The smallest absolute Gasteiger partial charge is 0.248 e. The van der Waals surface area contributed by atoms with Crippen molar-refractivity contribution in [3.63, 3.8) is 0 Å². The molecule has 0 aliphatic carbocycles. The number of benzene rings is 2. The van der Waals surface area contributed by atoms with Crippen LogP contribution in [0.1, 0.15) is 27.9 Å². The molecule has 0 aliphatic heterocycles. The molecule has 0 bridgehead atoms. The summed E-state index contributed by atoms with van der Waals surface area (Å²) in [5.41, 5.74) is 7.78. The molecule has 3 N–H and O–H groups in total. The van der Waals surface area contributed by atoms with Gasteiger partial charge in [-0.15, -0.1) is 0 Å². The second-order valence-electron chi connectivity index (χ2n) is 5.01. The second kappa shape index (κ2) is 6.88. The molecule has 0 fully saturated rings. The number of hydrogen-bond donors (Lipinski definition) is 2. The minimum atomic E-state index is -0.624. The van der Waals surface area contributed by atoms with Gasteiger partial charge < -0.3 is 11.1 Å². The lowest BCUT2D eigenvalue weighted by Crippen LogP contribution is -2.13. The number of anilines is 1. The molecule has 0 unspecified atom stereocenters. The second-order valence-corrected chi connectivity index (χ2v) is 5.01.